The van der Waals surface area contributed by atoms with Gasteiger partial charge in [0, 0.05) is 29.7 Å². The summed E-state index contributed by atoms with van der Waals surface area (Å²) in [5.41, 5.74) is 2.85. The molecule has 1 heterocycles. The van der Waals surface area contributed by atoms with Crippen molar-refractivity contribution in [3.8, 4) is 17.0 Å². The summed E-state index contributed by atoms with van der Waals surface area (Å²) in [6, 6.07) is 12.0. The maximum atomic E-state index is 12.8. The van der Waals surface area contributed by atoms with Crippen LogP contribution in [0.25, 0.3) is 11.3 Å². The number of methoxy groups -OCH3 is 1. The molecule has 0 aliphatic carbocycles. The van der Waals surface area contributed by atoms with E-state index in [1.807, 2.05) is 30.5 Å². The molecule has 0 fully saturated rings. The number of benzene rings is 2. The van der Waals surface area contributed by atoms with Crippen molar-refractivity contribution in [2.45, 2.75) is 25.7 Å². The standard InChI is InChI=1S/C23H28N4O4S2/c1-5-27(6-2)33(29,30)19-10-11-22(31-4)20(13-19)24-14-23(28)26-18-9-7-8-17(12-18)21-15-32-16(3)25-21/h7-13,15,24H,5-6,14H2,1-4H3,(H,26,28). The molecule has 2 N–H and O–H groups in total. The van der Waals surface area contributed by atoms with Crippen molar-refractivity contribution in [3.05, 3.63) is 52.9 Å². The van der Waals surface area contributed by atoms with Gasteiger partial charge in [-0.15, -0.1) is 11.3 Å². The van der Waals surface area contributed by atoms with Crippen LogP contribution in [0, 0.1) is 6.92 Å². The first-order valence-corrected chi connectivity index (χ1v) is 12.8. The number of amides is 1. The lowest BCUT2D eigenvalue weighted by Gasteiger charge is -2.20. The highest BCUT2D eigenvalue weighted by molar-refractivity contribution is 7.89. The number of hydrogen-bond acceptors (Lipinski definition) is 7. The van der Waals surface area contributed by atoms with Crippen LogP contribution in [0.2, 0.25) is 0 Å². The number of aromatic nitrogens is 1. The topological polar surface area (TPSA) is 101 Å². The van der Waals surface area contributed by atoms with Crippen LogP contribution in [0.15, 0.2) is 52.7 Å². The quantitative estimate of drug-likeness (QED) is 0.443. The van der Waals surface area contributed by atoms with E-state index in [1.165, 1.54) is 23.5 Å². The summed E-state index contributed by atoms with van der Waals surface area (Å²) in [4.78, 5) is 17.2. The summed E-state index contributed by atoms with van der Waals surface area (Å²) in [5, 5.41) is 8.80. The van der Waals surface area contributed by atoms with Crippen LogP contribution in [0.1, 0.15) is 18.9 Å². The zero-order valence-electron chi connectivity index (χ0n) is 19.1. The summed E-state index contributed by atoms with van der Waals surface area (Å²) in [6.45, 7) is 6.20. The lowest BCUT2D eigenvalue weighted by Crippen LogP contribution is -2.30. The van der Waals surface area contributed by atoms with Gasteiger partial charge in [-0.1, -0.05) is 26.0 Å². The fourth-order valence-electron chi connectivity index (χ4n) is 3.33. The van der Waals surface area contributed by atoms with Crippen LogP contribution >= 0.6 is 11.3 Å². The number of nitrogens with one attached hydrogen (secondary N) is 2. The van der Waals surface area contributed by atoms with Gasteiger partial charge in [-0.2, -0.15) is 4.31 Å². The van der Waals surface area contributed by atoms with E-state index in [9.17, 15) is 13.2 Å². The number of hydrogen-bond donors (Lipinski definition) is 2. The van der Waals surface area contributed by atoms with Crippen LogP contribution in [-0.2, 0) is 14.8 Å². The Morgan fingerprint density at radius 2 is 1.91 bits per heavy atom. The molecule has 0 bridgehead atoms. The van der Waals surface area contributed by atoms with Gasteiger partial charge in [0.05, 0.1) is 34.9 Å². The van der Waals surface area contributed by atoms with Crippen molar-refractivity contribution in [2.75, 3.05) is 37.4 Å². The first-order chi connectivity index (χ1) is 15.8. The second kappa shape index (κ2) is 10.8. The third-order valence-corrected chi connectivity index (χ3v) is 7.83. The van der Waals surface area contributed by atoms with Crippen molar-refractivity contribution in [3.63, 3.8) is 0 Å². The number of rotatable bonds is 10. The zero-order chi connectivity index (χ0) is 24.0. The number of thiazole rings is 1. The number of carbonyl (C=O) groups is 1. The smallest absolute Gasteiger partial charge is 0.243 e. The molecular weight excluding hydrogens is 460 g/mol. The highest BCUT2D eigenvalue weighted by atomic mass is 32.2. The van der Waals surface area contributed by atoms with Gasteiger partial charge < -0.3 is 15.4 Å². The fourth-order valence-corrected chi connectivity index (χ4v) is 5.44. The van der Waals surface area contributed by atoms with Gasteiger partial charge in [-0.05, 0) is 37.3 Å². The summed E-state index contributed by atoms with van der Waals surface area (Å²) >= 11 is 1.57. The van der Waals surface area contributed by atoms with Gasteiger partial charge in [0.1, 0.15) is 5.75 Å². The molecule has 0 saturated carbocycles. The minimum atomic E-state index is -3.63. The summed E-state index contributed by atoms with van der Waals surface area (Å²) < 4.78 is 32.4. The largest absolute Gasteiger partial charge is 0.495 e. The molecule has 0 unspecified atom stereocenters. The van der Waals surface area contributed by atoms with Gasteiger partial charge in [0.15, 0.2) is 0 Å². The molecule has 33 heavy (non-hydrogen) atoms. The van der Waals surface area contributed by atoms with Crippen molar-refractivity contribution in [2.24, 2.45) is 0 Å². The first-order valence-electron chi connectivity index (χ1n) is 10.5. The van der Waals surface area contributed by atoms with Crippen LogP contribution < -0.4 is 15.4 Å². The molecule has 0 saturated heterocycles. The van der Waals surface area contributed by atoms with Crippen molar-refractivity contribution < 1.29 is 17.9 Å². The average molecular weight is 489 g/mol. The van der Waals surface area contributed by atoms with Crippen molar-refractivity contribution in [1.29, 1.82) is 0 Å². The molecule has 176 valence electrons. The lowest BCUT2D eigenvalue weighted by molar-refractivity contribution is -0.114. The zero-order valence-corrected chi connectivity index (χ0v) is 20.7. The van der Waals surface area contributed by atoms with Gasteiger partial charge in [-0.25, -0.2) is 13.4 Å². The van der Waals surface area contributed by atoms with Crippen molar-refractivity contribution in [1.82, 2.24) is 9.29 Å². The maximum absolute atomic E-state index is 12.8. The Balaban J connectivity index is 1.72. The van der Waals surface area contributed by atoms with E-state index in [4.69, 9.17) is 4.74 Å². The van der Waals surface area contributed by atoms with Gasteiger partial charge >= 0.3 is 0 Å². The van der Waals surface area contributed by atoms with E-state index in [2.05, 4.69) is 15.6 Å². The Bertz CT molecular complexity index is 1220. The highest BCUT2D eigenvalue weighted by Gasteiger charge is 2.23. The third kappa shape index (κ3) is 5.89. The van der Waals surface area contributed by atoms with E-state index >= 15 is 0 Å². The number of carbonyl (C=O) groups excluding carboxylic acids is 1. The molecular formula is C23H28N4O4S2. The molecule has 8 nitrogen and oxygen atoms in total. The van der Waals surface area contributed by atoms with Crippen LogP contribution in [0.5, 0.6) is 5.75 Å². The first kappa shape index (κ1) is 24.7. The average Bonchev–Trinajstić information content (AvgIpc) is 3.24. The summed E-state index contributed by atoms with van der Waals surface area (Å²) in [7, 11) is -2.14. The molecule has 3 aromatic rings. The summed E-state index contributed by atoms with van der Waals surface area (Å²) in [6.07, 6.45) is 0. The predicted molar refractivity (Wildman–Crippen MR) is 133 cm³/mol. The Kier molecular flexibility index (Phi) is 8.06. The maximum Gasteiger partial charge on any atom is 0.243 e. The lowest BCUT2D eigenvalue weighted by atomic mass is 10.1. The Labute approximate surface area is 198 Å². The van der Waals surface area contributed by atoms with Crippen LogP contribution in [0.4, 0.5) is 11.4 Å². The molecule has 1 aromatic heterocycles. The van der Waals surface area contributed by atoms with E-state index < -0.39 is 10.0 Å². The van der Waals surface area contributed by atoms with Crippen molar-refractivity contribution >= 4 is 38.6 Å². The number of anilines is 2. The SMILES string of the molecule is CCN(CC)S(=O)(=O)c1ccc(OC)c(NCC(=O)Nc2cccc(-c3csc(C)n3)c2)c1. The fraction of sp³-hybridized carbons (Fsp3) is 0.304. The van der Waals surface area contributed by atoms with E-state index in [1.54, 1.807) is 37.3 Å². The van der Waals surface area contributed by atoms with Gasteiger partial charge in [0.2, 0.25) is 15.9 Å². The number of sulfonamides is 1. The minimum Gasteiger partial charge on any atom is -0.495 e. The number of ether oxygens (including phenoxy) is 1. The predicted octanol–water partition coefficient (Wildman–Crippen LogP) is 4.21. The van der Waals surface area contributed by atoms with Gasteiger partial charge in [-0.3, -0.25) is 4.79 Å². The molecule has 2 aromatic carbocycles. The normalized spacial score (nSPS) is 11.4. The second-order valence-electron chi connectivity index (χ2n) is 7.19. The molecule has 1 amide bonds. The summed E-state index contributed by atoms with van der Waals surface area (Å²) in [5.74, 6) is 0.169. The molecule has 0 atom stereocenters. The van der Waals surface area contributed by atoms with Crippen LogP contribution in [-0.4, -0.2) is 50.4 Å². The molecule has 0 aliphatic rings. The van der Waals surface area contributed by atoms with E-state index in [0.717, 1.165) is 16.3 Å². The molecule has 0 spiro atoms. The monoisotopic (exact) mass is 488 g/mol. The molecule has 0 radical (unpaired) electrons. The van der Waals surface area contributed by atoms with E-state index in [-0.39, 0.29) is 17.3 Å². The highest BCUT2D eigenvalue weighted by Crippen LogP contribution is 2.29. The van der Waals surface area contributed by atoms with Gasteiger partial charge in [0.25, 0.3) is 0 Å². The Morgan fingerprint density at radius 3 is 2.55 bits per heavy atom. The molecule has 10 heteroatoms. The molecule has 0 aliphatic heterocycles. The Hall–Kier alpha value is -2.95. The number of nitrogens with zero attached hydrogens (tertiary/aromatic N) is 2. The molecule has 3 rings (SSSR count). The van der Waals surface area contributed by atoms with E-state index in [0.29, 0.717) is 30.2 Å². The van der Waals surface area contributed by atoms with Crippen LogP contribution in [0.3, 0.4) is 0 Å². The number of aryl methyl sites for hydroxylation is 1. The second-order valence-corrected chi connectivity index (χ2v) is 10.2. The minimum absolute atomic E-state index is 0.0643. The third-order valence-electron chi connectivity index (χ3n) is 5.01. The Morgan fingerprint density at radius 1 is 1.15 bits per heavy atom.